The molecule has 0 bridgehead atoms. The van der Waals surface area contributed by atoms with E-state index in [1.54, 1.807) is 0 Å². The van der Waals surface area contributed by atoms with Crippen molar-refractivity contribution >= 4 is 45.8 Å². The number of amides is 2. The number of benzene rings is 2. The molecule has 2 fully saturated rings. The zero-order chi connectivity index (χ0) is 40.8. The number of fused-ring (bicyclic) bond motifs is 1. The number of aromatic nitrogens is 2. The zero-order valence-electron chi connectivity index (χ0n) is 34.0. The van der Waals surface area contributed by atoms with Crippen LogP contribution in [0.3, 0.4) is 0 Å². The van der Waals surface area contributed by atoms with Crippen LogP contribution in [0.4, 0.5) is 11.5 Å². The predicted molar refractivity (Wildman–Crippen MR) is 225 cm³/mol. The van der Waals surface area contributed by atoms with E-state index >= 15 is 0 Å². The van der Waals surface area contributed by atoms with Gasteiger partial charge in [-0.25, -0.2) is 9.97 Å². The molecule has 320 valence electrons. The fraction of sp³-hybridized carbons (Fsp3) is 0.619. The van der Waals surface area contributed by atoms with Gasteiger partial charge in [0.05, 0.1) is 96.6 Å². The third-order valence-corrected chi connectivity index (χ3v) is 10.6. The average Bonchev–Trinajstić information content (AvgIpc) is 3.74. The molecule has 16 heteroatoms. The maximum absolute atomic E-state index is 13.0. The number of halogens is 1. The van der Waals surface area contributed by atoms with E-state index < -0.39 is 0 Å². The monoisotopic (exact) mass is 827 g/mol. The van der Waals surface area contributed by atoms with Crippen LogP contribution in [0.15, 0.2) is 42.5 Å². The second kappa shape index (κ2) is 25.1. The summed E-state index contributed by atoms with van der Waals surface area (Å²) in [5, 5.41) is 7.81. The topological polar surface area (TPSA) is 172 Å². The number of nitrogens with zero attached hydrogens (tertiary/aromatic N) is 4. The van der Waals surface area contributed by atoms with Gasteiger partial charge in [-0.1, -0.05) is 36.6 Å². The normalized spacial score (nSPS) is 15.3. The summed E-state index contributed by atoms with van der Waals surface area (Å²) in [5.74, 6) is 1.68. The fourth-order valence-corrected chi connectivity index (χ4v) is 7.40. The predicted octanol–water partition coefficient (Wildman–Crippen LogP) is 3.79. The molecule has 2 aliphatic rings. The first-order chi connectivity index (χ1) is 28.4. The number of anilines is 2. The summed E-state index contributed by atoms with van der Waals surface area (Å²) in [7, 11) is 0. The van der Waals surface area contributed by atoms with Gasteiger partial charge in [0.15, 0.2) is 0 Å². The molecule has 2 heterocycles. The molecule has 0 spiro atoms. The number of hydrogen-bond donors (Lipinski definition) is 3. The first-order valence-corrected chi connectivity index (χ1v) is 21.0. The summed E-state index contributed by atoms with van der Waals surface area (Å²) in [6.45, 7) is 11.3. The quantitative estimate of drug-likeness (QED) is 0.0950. The lowest BCUT2D eigenvalue weighted by atomic mass is 9.78. The molecule has 2 aromatic carbocycles. The molecule has 2 amide bonds. The van der Waals surface area contributed by atoms with Crippen LogP contribution < -0.4 is 21.3 Å². The second-order valence-electron chi connectivity index (χ2n) is 14.4. The molecule has 1 aliphatic carbocycles. The van der Waals surface area contributed by atoms with Crippen molar-refractivity contribution in [2.24, 2.45) is 5.73 Å². The van der Waals surface area contributed by atoms with Crippen LogP contribution in [0.1, 0.15) is 50.4 Å². The molecule has 0 unspecified atom stereocenters. The van der Waals surface area contributed by atoms with E-state index in [1.807, 2.05) is 17.0 Å². The number of rotatable bonds is 27. The molecule has 1 aliphatic heterocycles. The number of nitrogens with two attached hydrogens (primary N) is 1. The summed E-state index contributed by atoms with van der Waals surface area (Å²) in [6.07, 6.45) is 4.55. The van der Waals surface area contributed by atoms with Gasteiger partial charge < -0.3 is 54.6 Å². The van der Waals surface area contributed by atoms with E-state index in [-0.39, 0.29) is 17.2 Å². The highest BCUT2D eigenvalue weighted by Crippen LogP contribution is 2.46. The van der Waals surface area contributed by atoms with Gasteiger partial charge in [-0.3, -0.25) is 9.59 Å². The highest BCUT2D eigenvalue weighted by molar-refractivity contribution is 6.30. The van der Waals surface area contributed by atoms with Gasteiger partial charge in [-0.05, 0) is 48.7 Å². The molecule has 3 aromatic rings. The van der Waals surface area contributed by atoms with Gasteiger partial charge in [0.25, 0.3) is 0 Å². The Morgan fingerprint density at radius 3 is 1.88 bits per heavy atom. The zero-order valence-corrected chi connectivity index (χ0v) is 34.8. The summed E-state index contributed by atoms with van der Waals surface area (Å²) < 4.78 is 33.0. The summed E-state index contributed by atoms with van der Waals surface area (Å²) in [5.41, 5.74) is 8.79. The van der Waals surface area contributed by atoms with Crippen LogP contribution >= 0.6 is 11.6 Å². The van der Waals surface area contributed by atoms with E-state index in [0.717, 1.165) is 72.0 Å². The number of ether oxygens (including phenoxy) is 6. The van der Waals surface area contributed by atoms with Crippen molar-refractivity contribution in [3.8, 4) is 0 Å². The standard InChI is InChI=1S/C42H62ClN7O8/c1-33(51)45-15-21-54-23-25-56-27-29-58-31-30-57-28-26-55-24-22-53-20-10-39(52)50-18-16-49(17-19-50)36-8-9-37-38(32-36)47-41(48-40(37)46-14-13-44)42(11-2-3-12-42)34-4-6-35(43)7-5-34/h4-9,32H,2-3,10-31,44H2,1H3,(H,45,51)(H,46,47,48). The Bertz CT molecular complexity index is 1670. The Labute approximate surface area is 347 Å². The van der Waals surface area contributed by atoms with Crippen molar-refractivity contribution in [1.82, 2.24) is 20.2 Å². The number of carbonyl (C=O) groups is 2. The van der Waals surface area contributed by atoms with Gasteiger partial charge in [-0.15, -0.1) is 0 Å². The molecule has 0 radical (unpaired) electrons. The molecule has 15 nitrogen and oxygen atoms in total. The van der Waals surface area contributed by atoms with Crippen LogP contribution in [0.2, 0.25) is 5.02 Å². The third kappa shape index (κ3) is 14.3. The third-order valence-electron chi connectivity index (χ3n) is 10.3. The lowest BCUT2D eigenvalue weighted by Gasteiger charge is -2.36. The largest absolute Gasteiger partial charge is 0.379 e. The number of hydrogen-bond acceptors (Lipinski definition) is 13. The van der Waals surface area contributed by atoms with E-state index in [4.69, 9.17) is 55.7 Å². The minimum Gasteiger partial charge on any atom is -0.379 e. The minimum atomic E-state index is -0.268. The lowest BCUT2D eigenvalue weighted by molar-refractivity contribution is -0.132. The first-order valence-electron chi connectivity index (χ1n) is 20.7. The number of carbonyl (C=O) groups excluding carboxylic acids is 2. The average molecular weight is 828 g/mol. The molecular weight excluding hydrogens is 766 g/mol. The summed E-state index contributed by atoms with van der Waals surface area (Å²) >= 11 is 6.27. The van der Waals surface area contributed by atoms with Crippen molar-refractivity contribution in [3.05, 3.63) is 58.9 Å². The molecule has 1 saturated heterocycles. The molecule has 1 aromatic heterocycles. The highest BCUT2D eigenvalue weighted by atomic mass is 35.5. The van der Waals surface area contributed by atoms with Crippen molar-refractivity contribution in [1.29, 1.82) is 0 Å². The Morgan fingerprint density at radius 2 is 1.31 bits per heavy atom. The van der Waals surface area contributed by atoms with Gasteiger partial charge in [0.1, 0.15) is 11.6 Å². The number of nitrogens with one attached hydrogen (secondary N) is 2. The van der Waals surface area contributed by atoms with E-state index in [1.165, 1.54) is 12.5 Å². The smallest absolute Gasteiger partial charge is 0.225 e. The summed E-state index contributed by atoms with van der Waals surface area (Å²) in [6, 6.07) is 14.5. The van der Waals surface area contributed by atoms with Gasteiger partial charge >= 0.3 is 0 Å². The Morgan fingerprint density at radius 1 is 0.741 bits per heavy atom. The van der Waals surface area contributed by atoms with Crippen molar-refractivity contribution < 1.29 is 38.0 Å². The molecule has 0 atom stereocenters. The molecular formula is C42H62ClN7O8. The summed E-state index contributed by atoms with van der Waals surface area (Å²) in [4.78, 5) is 38.4. The molecule has 1 saturated carbocycles. The van der Waals surface area contributed by atoms with Gasteiger partial charge in [0.2, 0.25) is 11.8 Å². The number of piperazine rings is 1. The maximum Gasteiger partial charge on any atom is 0.225 e. The minimum absolute atomic E-state index is 0.0670. The van der Waals surface area contributed by atoms with Crippen molar-refractivity contribution in [2.75, 3.05) is 135 Å². The van der Waals surface area contributed by atoms with Crippen LogP contribution in [0.25, 0.3) is 10.9 Å². The van der Waals surface area contributed by atoms with E-state index in [0.29, 0.717) is 118 Å². The second-order valence-corrected chi connectivity index (χ2v) is 14.8. The fourth-order valence-electron chi connectivity index (χ4n) is 7.28. The molecule has 5 rings (SSSR count). The Hall–Kier alpha value is -3.67. The van der Waals surface area contributed by atoms with Crippen molar-refractivity contribution in [2.45, 2.75) is 44.4 Å². The van der Waals surface area contributed by atoms with Crippen LogP contribution in [0.5, 0.6) is 0 Å². The molecule has 4 N–H and O–H groups in total. The van der Waals surface area contributed by atoms with Crippen molar-refractivity contribution in [3.63, 3.8) is 0 Å². The lowest BCUT2D eigenvalue weighted by Crippen LogP contribution is -2.49. The SMILES string of the molecule is CC(=O)NCCOCCOCCOCCOCCOCCOCCC(=O)N1CCN(c2ccc3c(NCCN)nc(C4(c5ccc(Cl)cc5)CCCC4)nc3c2)CC1. The Balaban J connectivity index is 0.947. The first kappa shape index (κ1) is 45.4. The Kier molecular flexibility index (Phi) is 19.6. The molecule has 58 heavy (non-hydrogen) atoms. The van der Waals surface area contributed by atoms with E-state index in [9.17, 15) is 9.59 Å². The maximum atomic E-state index is 13.0. The highest BCUT2D eigenvalue weighted by Gasteiger charge is 2.40. The van der Waals surface area contributed by atoms with Crippen LogP contribution in [0, 0.1) is 0 Å². The van der Waals surface area contributed by atoms with Crippen LogP contribution in [-0.4, -0.2) is 152 Å². The van der Waals surface area contributed by atoms with Gasteiger partial charge in [-0.2, -0.15) is 0 Å². The van der Waals surface area contributed by atoms with Crippen LogP contribution in [-0.2, 0) is 43.4 Å². The van der Waals surface area contributed by atoms with E-state index in [2.05, 4.69) is 45.9 Å². The van der Waals surface area contributed by atoms with Gasteiger partial charge in [0, 0.05) is 68.8 Å².